The Labute approximate surface area is 179 Å². The number of halogens is 1. The molecule has 1 aromatic heterocycles. The van der Waals surface area contributed by atoms with Crippen LogP contribution in [-0.2, 0) is 18.7 Å². The molecule has 0 saturated heterocycles. The van der Waals surface area contributed by atoms with Crippen molar-refractivity contribution in [3.05, 3.63) is 59.5 Å². The van der Waals surface area contributed by atoms with Gasteiger partial charge in [0.05, 0.1) is 19.4 Å². The molecule has 7 heteroatoms. The van der Waals surface area contributed by atoms with Crippen LogP contribution in [-0.4, -0.2) is 43.2 Å². The molecule has 1 aromatic carbocycles. The van der Waals surface area contributed by atoms with Crippen LogP contribution in [0.5, 0.6) is 0 Å². The maximum absolute atomic E-state index is 10.5. The van der Waals surface area contributed by atoms with E-state index in [4.69, 9.17) is 4.42 Å². The second kappa shape index (κ2) is 11.3. The van der Waals surface area contributed by atoms with E-state index in [9.17, 15) is 5.11 Å². The molecule has 150 valence electrons. The summed E-state index contributed by atoms with van der Waals surface area (Å²) in [5.41, 5.74) is 1.32. The van der Waals surface area contributed by atoms with Gasteiger partial charge in [0.25, 0.3) is 0 Å². The van der Waals surface area contributed by atoms with Crippen LogP contribution in [0.15, 0.2) is 52.1 Å². The number of aliphatic hydroxyl groups is 1. The first kappa shape index (κ1) is 23.5. The van der Waals surface area contributed by atoms with Crippen LogP contribution in [0.3, 0.4) is 0 Å². The standard InChI is InChI=1S/C20H30N4O2.HI/c1-5-21-19(23-15-20(2,25)18-7-6-12-26-18)22-13-16-8-10-17(11-9-16)14-24(3)4;/h6-12,25H,5,13-15H2,1-4H3,(H2,21,22,23);1H. The van der Waals surface area contributed by atoms with Crippen LogP contribution in [0, 0.1) is 0 Å². The smallest absolute Gasteiger partial charge is 0.191 e. The number of hydrogen-bond acceptors (Lipinski definition) is 4. The first-order chi connectivity index (χ1) is 12.4. The molecule has 0 fully saturated rings. The van der Waals surface area contributed by atoms with E-state index in [1.165, 1.54) is 5.56 Å². The van der Waals surface area contributed by atoms with E-state index in [0.717, 1.165) is 18.7 Å². The molecular formula is C20H31IN4O2. The average Bonchev–Trinajstić information content (AvgIpc) is 3.14. The van der Waals surface area contributed by atoms with Gasteiger partial charge in [-0.25, -0.2) is 4.99 Å². The van der Waals surface area contributed by atoms with Crippen molar-refractivity contribution in [2.24, 2.45) is 4.99 Å². The zero-order valence-electron chi connectivity index (χ0n) is 16.5. The SMILES string of the molecule is CCNC(=NCc1ccc(CN(C)C)cc1)NCC(C)(O)c1ccco1.I. The summed E-state index contributed by atoms with van der Waals surface area (Å²) in [5.74, 6) is 1.19. The zero-order valence-corrected chi connectivity index (χ0v) is 18.9. The van der Waals surface area contributed by atoms with E-state index in [1.807, 2.05) is 6.92 Å². The number of benzene rings is 1. The maximum atomic E-state index is 10.5. The van der Waals surface area contributed by atoms with Gasteiger partial charge in [0, 0.05) is 13.1 Å². The quantitative estimate of drug-likeness (QED) is 0.304. The van der Waals surface area contributed by atoms with Crippen molar-refractivity contribution in [1.29, 1.82) is 0 Å². The highest BCUT2D eigenvalue weighted by Crippen LogP contribution is 2.19. The third-order valence-electron chi connectivity index (χ3n) is 3.94. The molecule has 0 bridgehead atoms. The lowest BCUT2D eigenvalue weighted by Crippen LogP contribution is -2.44. The van der Waals surface area contributed by atoms with E-state index in [-0.39, 0.29) is 24.0 Å². The predicted molar refractivity (Wildman–Crippen MR) is 120 cm³/mol. The molecule has 2 rings (SSSR count). The fourth-order valence-electron chi connectivity index (χ4n) is 2.56. The van der Waals surface area contributed by atoms with E-state index < -0.39 is 5.60 Å². The summed E-state index contributed by atoms with van der Waals surface area (Å²) in [4.78, 5) is 6.75. The molecule has 0 aliphatic carbocycles. The van der Waals surface area contributed by atoms with Crippen molar-refractivity contribution in [2.45, 2.75) is 32.5 Å². The minimum absolute atomic E-state index is 0. The van der Waals surface area contributed by atoms with Gasteiger partial charge in [-0.15, -0.1) is 24.0 Å². The Morgan fingerprint density at radius 2 is 1.81 bits per heavy atom. The number of aliphatic imine (C=N–C) groups is 1. The van der Waals surface area contributed by atoms with Crippen molar-refractivity contribution in [3.8, 4) is 0 Å². The lowest BCUT2D eigenvalue weighted by atomic mass is 10.0. The number of nitrogens with one attached hydrogen (secondary N) is 2. The Kier molecular flexibility index (Phi) is 9.82. The highest BCUT2D eigenvalue weighted by atomic mass is 127. The van der Waals surface area contributed by atoms with Crippen LogP contribution in [0.4, 0.5) is 0 Å². The second-order valence-electron chi connectivity index (χ2n) is 6.85. The predicted octanol–water partition coefficient (Wildman–Crippen LogP) is 2.92. The highest BCUT2D eigenvalue weighted by Gasteiger charge is 2.26. The van der Waals surface area contributed by atoms with Crippen molar-refractivity contribution in [2.75, 3.05) is 27.2 Å². The number of rotatable bonds is 8. The summed E-state index contributed by atoms with van der Waals surface area (Å²) < 4.78 is 5.30. The van der Waals surface area contributed by atoms with Gasteiger partial charge in [-0.05, 0) is 51.2 Å². The Morgan fingerprint density at radius 3 is 2.37 bits per heavy atom. The molecule has 0 radical (unpaired) electrons. The van der Waals surface area contributed by atoms with Gasteiger partial charge in [-0.2, -0.15) is 0 Å². The lowest BCUT2D eigenvalue weighted by molar-refractivity contribution is 0.0386. The summed E-state index contributed by atoms with van der Waals surface area (Å²) in [6, 6.07) is 12.0. The highest BCUT2D eigenvalue weighted by molar-refractivity contribution is 14.0. The maximum Gasteiger partial charge on any atom is 0.191 e. The minimum atomic E-state index is -1.10. The number of furan rings is 1. The summed E-state index contributed by atoms with van der Waals surface area (Å²) in [5, 5.41) is 16.9. The molecule has 3 N–H and O–H groups in total. The van der Waals surface area contributed by atoms with Crippen molar-refractivity contribution in [1.82, 2.24) is 15.5 Å². The first-order valence-electron chi connectivity index (χ1n) is 8.92. The Morgan fingerprint density at radius 1 is 1.15 bits per heavy atom. The van der Waals surface area contributed by atoms with Crippen LogP contribution >= 0.6 is 24.0 Å². The van der Waals surface area contributed by atoms with Crippen molar-refractivity contribution < 1.29 is 9.52 Å². The van der Waals surface area contributed by atoms with Crippen molar-refractivity contribution in [3.63, 3.8) is 0 Å². The normalized spacial score (nSPS) is 13.8. The summed E-state index contributed by atoms with van der Waals surface area (Å²) in [6.45, 7) is 6.27. The molecule has 0 aliphatic rings. The largest absolute Gasteiger partial charge is 0.466 e. The van der Waals surface area contributed by atoms with Gasteiger partial charge in [0.15, 0.2) is 5.96 Å². The summed E-state index contributed by atoms with van der Waals surface area (Å²) >= 11 is 0. The molecular weight excluding hydrogens is 455 g/mol. The lowest BCUT2D eigenvalue weighted by Gasteiger charge is -2.22. The van der Waals surface area contributed by atoms with Crippen LogP contribution in [0.25, 0.3) is 0 Å². The summed E-state index contributed by atoms with van der Waals surface area (Å²) in [6.07, 6.45) is 1.56. The fourth-order valence-corrected chi connectivity index (χ4v) is 2.56. The van der Waals surface area contributed by atoms with E-state index in [1.54, 1.807) is 25.3 Å². The van der Waals surface area contributed by atoms with E-state index >= 15 is 0 Å². The topological polar surface area (TPSA) is 73.0 Å². The molecule has 6 nitrogen and oxygen atoms in total. The molecule has 1 heterocycles. The molecule has 0 aliphatic heterocycles. The summed E-state index contributed by atoms with van der Waals surface area (Å²) in [7, 11) is 4.12. The molecule has 0 spiro atoms. The van der Waals surface area contributed by atoms with Gasteiger partial charge in [-0.3, -0.25) is 0 Å². The third-order valence-corrected chi connectivity index (χ3v) is 3.94. The number of guanidine groups is 1. The van der Waals surface area contributed by atoms with E-state index in [0.29, 0.717) is 24.8 Å². The van der Waals surface area contributed by atoms with Crippen LogP contribution in [0.2, 0.25) is 0 Å². The number of nitrogens with zero attached hydrogens (tertiary/aromatic N) is 2. The third kappa shape index (κ3) is 7.90. The molecule has 2 aromatic rings. The Balaban J connectivity index is 0.00000364. The molecule has 27 heavy (non-hydrogen) atoms. The van der Waals surface area contributed by atoms with Gasteiger partial charge in [0.2, 0.25) is 0 Å². The fraction of sp³-hybridized carbons (Fsp3) is 0.450. The Bertz CT molecular complexity index is 683. The number of hydrogen-bond donors (Lipinski definition) is 3. The van der Waals surface area contributed by atoms with Gasteiger partial charge < -0.3 is 25.1 Å². The van der Waals surface area contributed by atoms with Crippen LogP contribution < -0.4 is 10.6 Å². The Hall–Kier alpha value is -1.58. The van der Waals surface area contributed by atoms with Gasteiger partial charge in [0.1, 0.15) is 11.4 Å². The average molecular weight is 486 g/mol. The molecule has 0 saturated carbocycles. The molecule has 0 amide bonds. The van der Waals surface area contributed by atoms with Gasteiger partial charge in [-0.1, -0.05) is 24.3 Å². The minimum Gasteiger partial charge on any atom is -0.466 e. The zero-order chi connectivity index (χ0) is 19.0. The monoisotopic (exact) mass is 486 g/mol. The first-order valence-corrected chi connectivity index (χ1v) is 8.92. The van der Waals surface area contributed by atoms with Gasteiger partial charge >= 0.3 is 0 Å². The second-order valence-corrected chi connectivity index (χ2v) is 6.85. The van der Waals surface area contributed by atoms with Crippen LogP contribution in [0.1, 0.15) is 30.7 Å². The van der Waals surface area contributed by atoms with E-state index in [2.05, 4.69) is 58.9 Å². The van der Waals surface area contributed by atoms with Crippen molar-refractivity contribution >= 4 is 29.9 Å². The molecule has 1 unspecified atom stereocenters. The molecule has 1 atom stereocenters.